The van der Waals surface area contributed by atoms with Crippen molar-refractivity contribution in [1.82, 2.24) is 0 Å². The first-order valence-electron chi connectivity index (χ1n) is 6.15. The summed E-state index contributed by atoms with van der Waals surface area (Å²) in [5.74, 6) is 0.541. The molecule has 0 amide bonds. The van der Waals surface area contributed by atoms with Gasteiger partial charge in [-0.05, 0) is 30.7 Å². The fraction of sp³-hybridized carbons (Fsp3) is 0.188. The molecule has 0 radical (unpaired) electrons. The van der Waals surface area contributed by atoms with Crippen LogP contribution in [0.4, 0.5) is 4.39 Å². The van der Waals surface area contributed by atoms with E-state index in [1.54, 1.807) is 24.3 Å². The molecule has 0 atom stereocenters. The molecule has 0 fully saturated rings. The van der Waals surface area contributed by atoms with Crippen LogP contribution in [0.5, 0.6) is 11.5 Å². The lowest BCUT2D eigenvalue weighted by atomic mass is 10.1. The minimum Gasteiger partial charge on any atom is -0.497 e. The first kappa shape index (κ1) is 14.1. The Morgan fingerprint density at radius 2 is 2.05 bits per heavy atom. The van der Waals surface area contributed by atoms with Crippen molar-refractivity contribution in [3.63, 3.8) is 0 Å². The zero-order chi connectivity index (χ0) is 14.5. The highest BCUT2D eigenvalue weighted by Crippen LogP contribution is 2.24. The maximum absolute atomic E-state index is 13.8. The third kappa shape index (κ3) is 2.96. The summed E-state index contributed by atoms with van der Waals surface area (Å²) in [6.45, 7) is 1.90. The van der Waals surface area contributed by atoms with Gasteiger partial charge in [0.2, 0.25) is 0 Å². The molecule has 0 heterocycles. The summed E-state index contributed by atoms with van der Waals surface area (Å²) in [5.41, 5.74) is 1.70. The summed E-state index contributed by atoms with van der Waals surface area (Å²) in [5, 5.41) is 0. The van der Waals surface area contributed by atoms with Gasteiger partial charge in [-0.3, -0.25) is 4.79 Å². The van der Waals surface area contributed by atoms with E-state index in [4.69, 9.17) is 9.47 Å². The van der Waals surface area contributed by atoms with Gasteiger partial charge >= 0.3 is 0 Å². The van der Waals surface area contributed by atoms with Crippen LogP contribution in [0.15, 0.2) is 36.4 Å². The van der Waals surface area contributed by atoms with Crippen LogP contribution in [0.25, 0.3) is 0 Å². The van der Waals surface area contributed by atoms with E-state index in [9.17, 15) is 9.18 Å². The molecule has 0 spiro atoms. The van der Waals surface area contributed by atoms with Crippen LogP contribution in [0, 0.1) is 12.7 Å². The Kier molecular flexibility index (Phi) is 4.35. The summed E-state index contributed by atoms with van der Waals surface area (Å²) in [6, 6.07) is 9.86. The summed E-state index contributed by atoms with van der Waals surface area (Å²) >= 11 is 0. The second-order valence-electron chi connectivity index (χ2n) is 4.36. The Balaban J connectivity index is 2.19. The van der Waals surface area contributed by atoms with Gasteiger partial charge in [0.25, 0.3) is 0 Å². The molecule has 0 N–H and O–H groups in total. The van der Waals surface area contributed by atoms with Gasteiger partial charge in [-0.25, -0.2) is 4.39 Å². The lowest BCUT2D eigenvalue weighted by Crippen LogP contribution is -2.02. The average molecular weight is 274 g/mol. The highest BCUT2D eigenvalue weighted by atomic mass is 19.1. The molecular weight excluding hydrogens is 259 g/mol. The standard InChI is InChI=1S/C16H15FO3/c1-11-4-3-5-12(9-18)16(11)20-10-13-6-7-14(19-2)8-15(13)17/h3-9H,10H2,1-2H3. The van der Waals surface area contributed by atoms with E-state index in [-0.39, 0.29) is 6.61 Å². The lowest BCUT2D eigenvalue weighted by molar-refractivity contribution is 0.111. The van der Waals surface area contributed by atoms with Crippen LogP contribution in [0.1, 0.15) is 21.5 Å². The van der Waals surface area contributed by atoms with Crippen molar-refractivity contribution in [3.8, 4) is 11.5 Å². The molecule has 0 aromatic heterocycles. The van der Waals surface area contributed by atoms with Crippen molar-refractivity contribution in [2.75, 3.05) is 7.11 Å². The molecule has 104 valence electrons. The van der Waals surface area contributed by atoms with E-state index in [0.29, 0.717) is 22.6 Å². The van der Waals surface area contributed by atoms with E-state index >= 15 is 0 Å². The second kappa shape index (κ2) is 6.19. The van der Waals surface area contributed by atoms with E-state index in [0.717, 1.165) is 11.8 Å². The molecule has 2 aromatic carbocycles. The number of para-hydroxylation sites is 1. The van der Waals surface area contributed by atoms with Crippen molar-refractivity contribution in [3.05, 3.63) is 58.9 Å². The monoisotopic (exact) mass is 274 g/mol. The molecule has 4 heteroatoms. The Bertz CT molecular complexity index is 623. The third-order valence-corrected chi connectivity index (χ3v) is 3.00. The highest BCUT2D eigenvalue weighted by Gasteiger charge is 2.09. The summed E-state index contributed by atoms with van der Waals surface area (Å²) < 4.78 is 24.3. The Morgan fingerprint density at radius 3 is 2.70 bits per heavy atom. The van der Waals surface area contributed by atoms with Crippen LogP contribution in [0.3, 0.4) is 0 Å². The largest absolute Gasteiger partial charge is 0.497 e. The molecule has 0 saturated heterocycles. The average Bonchev–Trinajstić information content (AvgIpc) is 2.46. The van der Waals surface area contributed by atoms with Crippen LogP contribution in [-0.2, 0) is 6.61 Å². The van der Waals surface area contributed by atoms with E-state index < -0.39 is 5.82 Å². The number of methoxy groups -OCH3 is 1. The second-order valence-corrected chi connectivity index (χ2v) is 4.36. The zero-order valence-corrected chi connectivity index (χ0v) is 11.4. The topological polar surface area (TPSA) is 35.5 Å². The molecule has 20 heavy (non-hydrogen) atoms. The zero-order valence-electron chi connectivity index (χ0n) is 11.4. The molecule has 0 aliphatic rings. The quantitative estimate of drug-likeness (QED) is 0.782. The smallest absolute Gasteiger partial charge is 0.153 e. The number of benzene rings is 2. The number of rotatable bonds is 5. The molecule has 3 nitrogen and oxygen atoms in total. The number of aryl methyl sites for hydroxylation is 1. The van der Waals surface area contributed by atoms with Gasteiger partial charge in [0.05, 0.1) is 12.7 Å². The van der Waals surface area contributed by atoms with Gasteiger partial charge in [0.1, 0.15) is 23.9 Å². The van der Waals surface area contributed by atoms with E-state index in [1.807, 2.05) is 13.0 Å². The first-order chi connectivity index (χ1) is 9.65. The maximum atomic E-state index is 13.8. The number of hydrogen-bond donors (Lipinski definition) is 0. The summed E-state index contributed by atoms with van der Waals surface area (Å²) in [7, 11) is 1.48. The van der Waals surface area contributed by atoms with E-state index in [1.165, 1.54) is 13.2 Å². The predicted molar refractivity (Wildman–Crippen MR) is 73.9 cm³/mol. The van der Waals surface area contributed by atoms with Crippen LogP contribution in [0.2, 0.25) is 0 Å². The minimum atomic E-state index is -0.398. The molecule has 0 saturated carbocycles. The van der Waals surface area contributed by atoms with Crippen molar-refractivity contribution in [1.29, 1.82) is 0 Å². The van der Waals surface area contributed by atoms with Crippen molar-refractivity contribution in [2.24, 2.45) is 0 Å². The number of hydrogen-bond acceptors (Lipinski definition) is 3. The normalized spacial score (nSPS) is 10.2. The highest BCUT2D eigenvalue weighted by molar-refractivity contribution is 5.80. The fourth-order valence-corrected chi connectivity index (χ4v) is 1.89. The van der Waals surface area contributed by atoms with Crippen molar-refractivity contribution in [2.45, 2.75) is 13.5 Å². The lowest BCUT2D eigenvalue weighted by Gasteiger charge is -2.12. The molecule has 0 bridgehead atoms. The van der Waals surface area contributed by atoms with Crippen molar-refractivity contribution < 1.29 is 18.7 Å². The first-order valence-corrected chi connectivity index (χ1v) is 6.15. The van der Waals surface area contributed by atoms with Gasteiger partial charge in [-0.1, -0.05) is 12.1 Å². The number of halogens is 1. The Labute approximate surface area is 117 Å². The summed E-state index contributed by atoms with van der Waals surface area (Å²) in [6.07, 6.45) is 0.729. The SMILES string of the molecule is COc1ccc(COc2c(C)cccc2C=O)c(F)c1. The van der Waals surface area contributed by atoms with Gasteiger partial charge in [0, 0.05) is 11.6 Å². The Hall–Kier alpha value is -2.36. The molecule has 0 unspecified atom stereocenters. The van der Waals surface area contributed by atoms with Gasteiger partial charge in [-0.2, -0.15) is 0 Å². The fourth-order valence-electron chi connectivity index (χ4n) is 1.89. The Morgan fingerprint density at radius 1 is 1.25 bits per heavy atom. The number of ether oxygens (including phenoxy) is 2. The number of aldehydes is 1. The van der Waals surface area contributed by atoms with Crippen LogP contribution < -0.4 is 9.47 Å². The predicted octanol–water partition coefficient (Wildman–Crippen LogP) is 3.53. The van der Waals surface area contributed by atoms with Gasteiger partial charge in [0.15, 0.2) is 6.29 Å². The molecule has 2 rings (SSSR count). The van der Waals surface area contributed by atoms with Gasteiger partial charge < -0.3 is 9.47 Å². The molecule has 2 aromatic rings. The molecular formula is C16H15FO3. The van der Waals surface area contributed by atoms with Crippen LogP contribution >= 0.6 is 0 Å². The van der Waals surface area contributed by atoms with Crippen LogP contribution in [-0.4, -0.2) is 13.4 Å². The van der Waals surface area contributed by atoms with Crippen molar-refractivity contribution >= 4 is 6.29 Å². The van der Waals surface area contributed by atoms with Gasteiger partial charge in [-0.15, -0.1) is 0 Å². The number of carbonyl (C=O) groups excluding carboxylic acids is 1. The summed E-state index contributed by atoms with van der Waals surface area (Å²) in [4.78, 5) is 11.0. The minimum absolute atomic E-state index is 0.0571. The molecule has 0 aliphatic heterocycles. The third-order valence-electron chi connectivity index (χ3n) is 3.00. The number of carbonyl (C=O) groups is 1. The van der Waals surface area contributed by atoms with E-state index in [2.05, 4.69) is 0 Å². The molecule has 0 aliphatic carbocycles. The maximum Gasteiger partial charge on any atom is 0.153 e.